The summed E-state index contributed by atoms with van der Waals surface area (Å²) in [7, 11) is 3.94. The van der Waals surface area contributed by atoms with Gasteiger partial charge in [-0.1, -0.05) is 19.3 Å². The van der Waals surface area contributed by atoms with Crippen LogP contribution in [0.5, 0.6) is 11.5 Å². The first-order valence-electron chi connectivity index (χ1n) is 10.0. The van der Waals surface area contributed by atoms with E-state index in [2.05, 4.69) is 29.0 Å². The van der Waals surface area contributed by atoms with Crippen LogP contribution in [0.2, 0.25) is 0 Å². The smallest absolute Gasteiger partial charge is 0.161 e. The lowest BCUT2D eigenvalue weighted by Crippen LogP contribution is -2.55. The van der Waals surface area contributed by atoms with Crippen LogP contribution in [0.1, 0.15) is 42.9 Å². The Balaban J connectivity index is 1.53. The van der Waals surface area contributed by atoms with Gasteiger partial charge in [0.15, 0.2) is 11.5 Å². The predicted molar refractivity (Wildman–Crippen MR) is 101 cm³/mol. The molecule has 0 amide bonds. The van der Waals surface area contributed by atoms with Crippen molar-refractivity contribution in [3.8, 4) is 11.5 Å². The largest absolute Gasteiger partial charge is 0.493 e. The summed E-state index contributed by atoms with van der Waals surface area (Å²) >= 11 is 0. The number of ether oxygens (including phenoxy) is 2. The summed E-state index contributed by atoms with van der Waals surface area (Å²) in [5, 5.41) is 0. The Morgan fingerprint density at radius 3 is 2.73 bits per heavy atom. The van der Waals surface area contributed by atoms with E-state index in [-0.39, 0.29) is 6.61 Å². The Hall–Kier alpha value is -1.33. The van der Waals surface area contributed by atoms with Crippen LogP contribution in [0, 0.1) is 5.92 Å². The highest BCUT2D eigenvalue weighted by atomic mass is 19.1. The first kappa shape index (κ1) is 18.1. The van der Waals surface area contributed by atoms with Crippen LogP contribution in [-0.2, 0) is 6.42 Å². The van der Waals surface area contributed by atoms with Crippen LogP contribution in [0.3, 0.4) is 0 Å². The molecule has 5 heteroatoms. The van der Waals surface area contributed by atoms with Gasteiger partial charge in [-0.3, -0.25) is 4.90 Å². The molecule has 2 heterocycles. The average molecular weight is 362 g/mol. The lowest BCUT2D eigenvalue weighted by Gasteiger charge is -2.49. The quantitative estimate of drug-likeness (QED) is 0.774. The Morgan fingerprint density at radius 1 is 1.19 bits per heavy atom. The number of likely N-dealkylation sites (N-methyl/N-ethyl adjacent to an activating group) is 1. The minimum Gasteiger partial charge on any atom is -0.493 e. The van der Waals surface area contributed by atoms with Crippen molar-refractivity contribution in [1.29, 1.82) is 0 Å². The highest BCUT2D eigenvalue weighted by Gasteiger charge is 2.38. The number of rotatable bonds is 6. The molecule has 0 spiro atoms. The molecule has 3 aliphatic rings. The van der Waals surface area contributed by atoms with Crippen LogP contribution in [-0.4, -0.2) is 62.9 Å². The van der Waals surface area contributed by atoms with Crippen molar-refractivity contribution < 1.29 is 13.9 Å². The Morgan fingerprint density at radius 2 is 2.04 bits per heavy atom. The molecule has 26 heavy (non-hydrogen) atoms. The number of hydrogen-bond donors (Lipinski definition) is 0. The van der Waals surface area contributed by atoms with Gasteiger partial charge < -0.3 is 14.4 Å². The molecule has 0 bridgehead atoms. The molecule has 144 valence electrons. The second-order valence-corrected chi connectivity index (χ2v) is 8.13. The van der Waals surface area contributed by atoms with E-state index in [4.69, 9.17) is 9.47 Å². The van der Waals surface area contributed by atoms with Gasteiger partial charge in [0.2, 0.25) is 0 Å². The monoisotopic (exact) mass is 362 g/mol. The maximum absolute atomic E-state index is 12.5. The zero-order chi connectivity index (χ0) is 18.1. The van der Waals surface area contributed by atoms with Gasteiger partial charge in [0, 0.05) is 31.7 Å². The van der Waals surface area contributed by atoms with Gasteiger partial charge in [-0.2, -0.15) is 0 Å². The van der Waals surface area contributed by atoms with Gasteiger partial charge in [0.25, 0.3) is 0 Å². The highest BCUT2D eigenvalue weighted by molar-refractivity contribution is 5.49. The maximum atomic E-state index is 12.5. The summed E-state index contributed by atoms with van der Waals surface area (Å²) in [4.78, 5) is 5.22. The van der Waals surface area contributed by atoms with Crippen LogP contribution >= 0.6 is 0 Å². The topological polar surface area (TPSA) is 24.9 Å². The fourth-order valence-electron chi connectivity index (χ4n) is 4.81. The predicted octanol–water partition coefficient (Wildman–Crippen LogP) is 3.45. The zero-order valence-corrected chi connectivity index (χ0v) is 16.0. The maximum Gasteiger partial charge on any atom is 0.161 e. The van der Waals surface area contributed by atoms with Gasteiger partial charge in [0.05, 0.1) is 7.11 Å². The molecule has 1 aromatic carbocycles. The zero-order valence-electron chi connectivity index (χ0n) is 16.0. The lowest BCUT2D eigenvalue weighted by atomic mass is 9.79. The van der Waals surface area contributed by atoms with Crippen molar-refractivity contribution >= 4 is 0 Å². The lowest BCUT2D eigenvalue weighted by molar-refractivity contribution is 0.0217. The number of methoxy groups -OCH3 is 1. The molecule has 1 saturated carbocycles. The van der Waals surface area contributed by atoms with E-state index < -0.39 is 6.67 Å². The molecule has 0 radical (unpaired) electrons. The summed E-state index contributed by atoms with van der Waals surface area (Å²) in [6.07, 6.45) is 6.66. The number of alkyl halides is 1. The molecule has 2 fully saturated rings. The van der Waals surface area contributed by atoms with Crippen LogP contribution in [0.15, 0.2) is 12.1 Å². The third-order valence-corrected chi connectivity index (χ3v) is 6.59. The average Bonchev–Trinajstić information content (AvgIpc) is 2.62. The van der Waals surface area contributed by atoms with Crippen molar-refractivity contribution in [2.45, 2.75) is 44.2 Å². The van der Waals surface area contributed by atoms with Gasteiger partial charge in [-0.05, 0) is 49.1 Å². The van der Waals surface area contributed by atoms with Crippen LogP contribution in [0.25, 0.3) is 0 Å². The molecule has 4 nitrogen and oxygen atoms in total. The van der Waals surface area contributed by atoms with E-state index in [0.29, 0.717) is 17.8 Å². The molecule has 0 N–H and O–H groups in total. The van der Waals surface area contributed by atoms with Gasteiger partial charge >= 0.3 is 0 Å². The Bertz CT molecular complexity index is 635. The van der Waals surface area contributed by atoms with E-state index in [0.717, 1.165) is 31.2 Å². The van der Waals surface area contributed by atoms with Crippen molar-refractivity contribution in [3.05, 3.63) is 23.3 Å². The summed E-state index contributed by atoms with van der Waals surface area (Å²) in [6, 6.07) is 5.30. The number of piperazine rings is 1. The molecule has 0 aromatic heterocycles. The van der Waals surface area contributed by atoms with E-state index >= 15 is 0 Å². The van der Waals surface area contributed by atoms with E-state index in [9.17, 15) is 4.39 Å². The molecule has 2 atom stereocenters. The van der Waals surface area contributed by atoms with E-state index in [1.54, 1.807) is 7.11 Å². The molecular weight excluding hydrogens is 331 g/mol. The minimum absolute atomic E-state index is 0.0796. The molecule has 1 aliphatic carbocycles. The van der Waals surface area contributed by atoms with Crippen molar-refractivity contribution in [3.63, 3.8) is 0 Å². The fourth-order valence-corrected chi connectivity index (χ4v) is 4.81. The third-order valence-electron chi connectivity index (χ3n) is 6.59. The number of nitrogens with zero attached hydrogens (tertiary/aromatic N) is 2. The van der Waals surface area contributed by atoms with E-state index in [1.807, 2.05) is 0 Å². The molecule has 2 aliphatic heterocycles. The summed E-state index contributed by atoms with van der Waals surface area (Å²) < 4.78 is 23.6. The normalized spacial score (nSPS) is 26.7. The van der Waals surface area contributed by atoms with Gasteiger partial charge in [-0.15, -0.1) is 0 Å². The molecule has 1 saturated heterocycles. The first-order valence-corrected chi connectivity index (χ1v) is 10.0. The number of fused-ring (bicyclic) bond motifs is 3. The second-order valence-electron chi connectivity index (χ2n) is 8.13. The van der Waals surface area contributed by atoms with Gasteiger partial charge in [0.1, 0.15) is 13.3 Å². The van der Waals surface area contributed by atoms with Crippen LogP contribution in [0.4, 0.5) is 4.39 Å². The molecule has 1 unspecified atom stereocenters. The van der Waals surface area contributed by atoms with Crippen molar-refractivity contribution in [2.75, 3.05) is 47.1 Å². The minimum atomic E-state index is -0.482. The van der Waals surface area contributed by atoms with Gasteiger partial charge in [-0.25, -0.2) is 4.39 Å². The Kier molecular flexibility index (Phi) is 5.37. The van der Waals surface area contributed by atoms with E-state index in [1.165, 1.54) is 43.4 Å². The fraction of sp³-hybridized carbons (Fsp3) is 0.714. The SMILES string of the molecule is COc1cc2c(cc1OCCF)CCN1C[C@@H](CC3CCC3)N(C)CC21. The van der Waals surface area contributed by atoms with Crippen LogP contribution < -0.4 is 9.47 Å². The Labute approximate surface area is 156 Å². The molecule has 1 aromatic rings. The molecule has 4 rings (SSSR count). The van der Waals surface area contributed by atoms with Crippen molar-refractivity contribution in [1.82, 2.24) is 9.80 Å². The summed E-state index contributed by atoms with van der Waals surface area (Å²) in [6.45, 7) is 2.93. The second kappa shape index (κ2) is 7.73. The first-order chi connectivity index (χ1) is 12.7. The van der Waals surface area contributed by atoms with Crippen molar-refractivity contribution in [2.24, 2.45) is 5.92 Å². The number of hydrogen-bond acceptors (Lipinski definition) is 4. The number of halogens is 1. The number of benzene rings is 1. The summed E-state index contributed by atoms with van der Waals surface area (Å²) in [5.74, 6) is 2.34. The highest BCUT2D eigenvalue weighted by Crippen LogP contribution is 2.41. The standard InChI is InChI=1S/C21H31FN2O2/c1-23-14-19-18-12-20(25-2)21(26-9-7-22)11-16(18)6-8-24(19)13-17(23)10-15-4-3-5-15/h11-12,15,17,19H,3-10,13-14H2,1-2H3/t17-,19?/m1/s1. The molecular formula is C21H31FN2O2. The third kappa shape index (κ3) is 3.44. The summed E-state index contributed by atoms with van der Waals surface area (Å²) in [5.41, 5.74) is 2.68.